The van der Waals surface area contributed by atoms with Crippen LogP contribution in [-0.2, 0) is 22.7 Å². The summed E-state index contributed by atoms with van der Waals surface area (Å²) in [5, 5.41) is 10.7. The Kier molecular flexibility index (Phi) is 12.9. The molecule has 0 atom stereocenters. The van der Waals surface area contributed by atoms with Gasteiger partial charge in [0.15, 0.2) is 11.6 Å². The summed E-state index contributed by atoms with van der Waals surface area (Å²) in [5.41, 5.74) is 0.619. The number of carbonyl (C=O) groups excluding carboxylic acids is 4. The van der Waals surface area contributed by atoms with Crippen LogP contribution >= 0.6 is 0 Å². The lowest BCUT2D eigenvalue weighted by atomic mass is 9.88. The van der Waals surface area contributed by atoms with Crippen LogP contribution in [0.15, 0.2) is 36.4 Å². The number of carbonyl (C=O) groups is 4. The Morgan fingerprint density at radius 1 is 0.615 bits per heavy atom. The quantitative estimate of drug-likeness (QED) is 0.109. The molecule has 2 aromatic carbocycles. The predicted octanol–water partition coefficient (Wildman–Crippen LogP) is 6.82. The van der Waals surface area contributed by atoms with Crippen molar-refractivity contribution in [2.45, 2.75) is 94.2 Å². The minimum Gasteiger partial charge on any atom is -0.497 e. The molecule has 0 saturated heterocycles. The maximum atomic E-state index is 14.0. The summed E-state index contributed by atoms with van der Waals surface area (Å²) in [7, 11) is 3.14. The summed E-state index contributed by atoms with van der Waals surface area (Å²) >= 11 is 0. The van der Waals surface area contributed by atoms with Crippen molar-refractivity contribution < 1.29 is 28.7 Å². The molecule has 0 aliphatic carbocycles. The molecule has 0 fully saturated rings. The van der Waals surface area contributed by atoms with Crippen molar-refractivity contribution in [3.63, 3.8) is 0 Å². The monoisotopic (exact) mass is 716 g/mol. The summed E-state index contributed by atoms with van der Waals surface area (Å²) in [6.45, 7) is 16.8. The van der Waals surface area contributed by atoms with E-state index in [4.69, 9.17) is 9.47 Å². The molecule has 0 unspecified atom stereocenters. The van der Waals surface area contributed by atoms with E-state index in [0.29, 0.717) is 70.9 Å². The second kappa shape index (κ2) is 16.7. The molecule has 0 bridgehead atoms. The second-order valence-electron chi connectivity index (χ2n) is 15.4. The third-order valence-corrected chi connectivity index (χ3v) is 9.19. The first kappa shape index (κ1) is 40.0. The zero-order valence-corrected chi connectivity index (χ0v) is 32.7. The average molecular weight is 717 g/mol. The molecule has 0 aliphatic rings. The van der Waals surface area contributed by atoms with Crippen LogP contribution in [0.5, 0.6) is 11.5 Å². The van der Waals surface area contributed by atoms with Gasteiger partial charge in [0.2, 0.25) is 11.8 Å². The third kappa shape index (κ3) is 9.18. The van der Waals surface area contributed by atoms with Gasteiger partial charge in [-0.25, -0.2) is 0 Å². The molecule has 0 spiro atoms. The van der Waals surface area contributed by atoms with E-state index < -0.39 is 10.8 Å². The van der Waals surface area contributed by atoms with Crippen molar-refractivity contribution in [3.8, 4) is 11.5 Å². The largest absolute Gasteiger partial charge is 0.497 e. The molecule has 52 heavy (non-hydrogen) atoms. The number of unbranched alkanes of at least 4 members (excludes halogenated alkanes) is 2. The fourth-order valence-electron chi connectivity index (χ4n) is 5.97. The standard InChI is InChI=1S/C40H56N6O6/c1-11-13-19-43(33(47)25-45-31-23-27(51-9)15-17-29(31)35(41-45)37(49)39(3,4)5)21-22-44(20-14-12-2)34(48)26-46-32-24-28(52-10)16-18-30(32)36(42-46)38(50)40(6,7)8/h15-18,23-24H,11-14,19-22,25-26H2,1-10H3. The van der Waals surface area contributed by atoms with Crippen LogP contribution in [0.4, 0.5) is 0 Å². The van der Waals surface area contributed by atoms with Crippen LogP contribution in [0.25, 0.3) is 21.8 Å². The number of rotatable bonds is 17. The number of ketones is 2. The van der Waals surface area contributed by atoms with Crippen LogP contribution in [0.3, 0.4) is 0 Å². The fourth-order valence-corrected chi connectivity index (χ4v) is 5.97. The van der Waals surface area contributed by atoms with Gasteiger partial charge in [-0.2, -0.15) is 10.2 Å². The lowest BCUT2D eigenvalue weighted by molar-refractivity contribution is -0.136. The normalized spacial score (nSPS) is 12.0. The minimum absolute atomic E-state index is 0.0700. The second-order valence-corrected chi connectivity index (χ2v) is 15.4. The highest BCUT2D eigenvalue weighted by Gasteiger charge is 2.31. The molecule has 4 aromatic rings. The van der Waals surface area contributed by atoms with Crippen LogP contribution in [0, 0.1) is 10.8 Å². The Labute approximate surface area is 307 Å². The van der Waals surface area contributed by atoms with E-state index >= 15 is 0 Å². The smallest absolute Gasteiger partial charge is 0.244 e. The number of nitrogens with zero attached hydrogens (tertiary/aromatic N) is 6. The van der Waals surface area contributed by atoms with Crippen LogP contribution < -0.4 is 9.47 Å². The number of benzene rings is 2. The molecule has 12 nitrogen and oxygen atoms in total. The van der Waals surface area contributed by atoms with Crippen molar-refractivity contribution in [1.29, 1.82) is 0 Å². The maximum absolute atomic E-state index is 14.0. The van der Waals surface area contributed by atoms with Crippen molar-refractivity contribution in [2.75, 3.05) is 40.4 Å². The van der Waals surface area contributed by atoms with Crippen LogP contribution in [0.2, 0.25) is 0 Å². The molecule has 282 valence electrons. The number of Topliss-reactive ketones (excluding diaryl/α,β-unsaturated/α-hetero) is 2. The van der Waals surface area contributed by atoms with Gasteiger partial charge in [0.1, 0.15) is 36.0 Å². The first-order chi connectivity index (χ1) is 24.5. The number of hydrogen-bond donors (Lipinski definition) is 0. The number of aromatic nitrogens is 4. The maximum Gasteiger partial charge on any atom is 0.244 e. The molecular formula is C40H56N6O6. The van der Waals surface area contributed by atoms with Crippen molar-refractivity contribution >= 4 is 45.2 Å². The lowest BCUT2D eigenvalue weighted by Crippen LogP contribution is -2.44. The van der Waals surface area contributed by atoms with Crippen LogP contribution in [0.1, 0.15) is 102 Å². The summed E-state index contributed by atoms with van der Waals surface area (Å²) in [6, 6.07) is 10.8. The van der Waals surface area contributed by atoms with Gasteiger partial charge in [-0.3, -0.25) is 28.5 Å². The molecule has 0 aliphatic heterocycles. The minimum atomic E-state index is -0.657. The van der Waals surface area contributed by atoms with Gasteiger partial charge in [-0.05, 0) is 37.1 Å². The molecule has 4 rings (SSSR count). The molecule has 2 heterocycles. The third-order valence-electron chi connectivity index (χ3n) is 9.19. The fraction of sp³-hybridized carbons (Fsp3) is 0.550. The Morgan fingerprint density at radius 3 is 1.29 bits per heavy atom. The average Bonchev–Trinajstić information content (AvgIpc) is 3.64. The molecular weight excluding hydrogens is 660 g/mol. The van der Waals surface area contributed by atoms with E-state index in [-0.39, 0.29) is 36.5 Å². The molecule has 0 radical (unpaired) electrons. The Hall–Kier alpha value is -4.74. The summed E-state index contributed by atoms with van der Waals surface area (Å²) < 4.78 is 14.1. The molecule has 2 amide bonds. The molecule has 0 saturated carbocycles. The van der Waals surface area contributed by atoms with Crippen molar-refractivity contribution in [3.05, 3.63) is 47.8 Å². The van der Waals surface area contributed by atoms with Crippen molar-refractivity contribution in [2.24, 2.45) is 10.8 Å². The van der Waals surface area contributed by atoms with E-state index in [0.717, 1.165) is 25.7 Å². The molecule has 12 heteroatoms. The van der Waals surface area contributed by atoms with E-state index in [1.54, 1.807) is 57.6 Å². The topological polar surface area (TPSA) is 129 Å². The van der Waals surface area contributed by atoms with E-state index in [1.807, 2.05) is 53.7 Å². The van der Waals surface area contributed by atoms with Gasteiger partial charge in [0.05, 0.1) is 25.3 Å². The van der Waals surface area contributed by atoms with Crippen LogP contribution in [-0.4, -0.2) is 93.1 Å². The van der Waals surface area contributed by atoms with E-state index in [2.05, 4.69) is 24.0 Å². The lowest BCUT2D eigenvalue weighted by Gasteiger charge is -2.28. The first-order valence-electron chi connectivity index (χ1n) is 18.3. The SMILES string of the molecule is CCCCN(CCN(CCCC)C(=O)Cn1nc(C(=O)C(C)(C)C)c2ccc(OC)cc21)C(=O)Cn1nc(C(=O)C(C)(C)C)c2ccc(OC)cc21. The molecule has 0 N–H and O–H groups in total. The van der Waals surface area contributed by atoms with Crippen molar-refractivity contribution in [1.82, 2.24) is 29.4 Å². The summed E-state index contributed by atoms with van der Waals surface area (Å²) in [5.74, 6) is 0.659. The number of methoxy groups -OCH3 is 2. The predicted molar refractivity (Wildman–Crippen MR) is 203 cm³/mol. The summed E-state index contributed by atoms with van der Waals surface area (Å²) in [6.07, 6.45) is 3.36. The Balaban J connectivity index is 1.60. The van der Waals surface area contributed by atoms with E-state index in [9.17, 15) is 19.2 Å². The number of ether oxygens (including phenoxy) is 2. The number of amides is 2. The van der Waals surface area contributed by atoms with Gasteiger partial charge in [-0.1, -0.05) is 68.2 Å². The zero-order valence-electron chi connectivity index (χ0n) is 32.7. The molecule has 2 aromatic heterocycles. The number of hydrogen-bond acceptors (Lipinski definition) is 8. The van der Waals surface area contributed by atoms with Gasteiger partial charge in [0.25, 0.3) is 0 Å². The highest BCUT2D eigenvalue weighted by molar-refractivity contribution is 6.09. The Morgan fingerprint density at radius 2 is 0.981 bits per heavy atom. The number of fused-ring (bicyclic) bond motifs is 2. The van der Waals surface area contributed by atoms with Gasteiger partial charge in [-0.15, -0.1) is 0 Å². The zero-order chi connectivity index (χ0) is 38.4. The Bertz CT molecular complexity index is 1770. The van der Waals surface area contributed by atoms with E-state index in [1.165, 1.54) is 0 Å². The van der Waals surface area contributed by atoms with Gasteiger partial charge >= 0.3 is 0 Å². The van der Waals surface area contributed by atoms with Gasteiger partial charge < -0.3 is 19.3 Å². The van der Waals surface area contributed by atoms with Gasteiger partial charge in [0, 0.05) is 59.9 Å². The summed E-state index contributed by atoms with van der Waals surface area (Å²) in [4.78, 5) is 58.4. The highest BCUT2D eigenvalue weighted by Crippen LogP contribution is 2.30. The first-order valence-corrected chi connectivity index (χ1v) is 18.3. The highest BCUT2D eigenvalue weighted by atomic mass is 16.5.